The molecule has 0 bridgehead atoms. The third kappa shape index (κ3) is 3.23. The van der Waals surface area contributed by atoms with E-state index in [2.05, 4.69) is 16.9 Å². The number of benzene rings is 1. The molecule has 4 amide bonds. The molecule has 2 aliphatic heterocycles. The number of aliphatic imine (C=N–C) groups is 1. The monoisotopic (exact) mass is 343 g/mol. The van der Waals surface area contributed by atoms with Crippen LogP contribution in [0.4, 0.5) is 4.79 Å². The van der Waals surface area contributed by atoms with Crippen LogP contribution in [0.25, 0.3) is 0 Å². The maximum atomic E-state index is 12.4. The second-order valence-corrected chi connectivity index (χ2v) is 5.61. The lowest BCUT2D eigenvalue weighted by Gasteiger charge is -2.29. The number of barbiturate groups is 1. The lowest BCUT2D eigenvalue weighted by Crippen LogP contribution is -2.59. The molecule has 0 spiro atoms. The minimum atomic E-state index is -1.12. The number of fused-ring (bicyclic) bond motifs is 1. The maximum Gasteiger partial charge on any atom is 0.331 e. The number of hydrogen-bond acceptors (Lipinski definition) is 6. The Balaban J connectivity index is 1.76. The summed E-state index contributed by atoms with van der Waals surface area (Å²) in [7, 11) is 0. The summed E-state index contributed by atoms with van der Waals surface area (Å²) in [5.41, 5.74) is 1.19. The van der Waals surface area contributed by atoms with Crippen molar-refractivity contribution in [2.24, 2.45) is 10.9 Å². The Morgan fingerprint density at radius 1 is 1.36 bits per heavy atom. The molecule has 1 saturated heterocycles. The molecule has 8 heteroatoms. The Morgan fingerprint density at radius 2 is 2.12 bits per heavy atom. The van der Waals surface area contributed by atoms with Crippen molar-refractivity contribution >= 4 is 23.6 Å². The third-order valence-corrected chi connectivity index (χ3v) is 3.93. The Morgan fingerprint density at radius 3 is 2.88 bits per heavy atom. The number of nitrogens with zero attached hydrogens (tertiary/aromatic N) is 2. The number of hydrogen-bond donors (Lipinski definition) is 1. The van der Waals surface area contributed by atoms with Crippen LogP contribution in [0.2, 0.25) is 0 Å². The van der Waals surface area contributed by atoms with E-state index in [1.54, 1.807) is 19.1 Å². The average molecular weight is 343 g/mol. The van der Waals surface area contributed by atoms with Gasteiger partial charge in [0.2, 0.25) is 18.6 Å². The van der Waals surface area contributed by atoms with Crippen LogP contribution in [0.3, 0.4) is 0 Å². The fraction of sp³-hybridized carbons (Fsp3) is 0.294. The van der Waals surface area contributed by atoms with Gasteiger partial charge < -0.3 is 9.47 Å². The molecule has 2 heterocycles. The van der Waals surface area contributed by atoms with Gasteiger partial charge in [-0.25, -0.2) is 4.79 Å². The standard InChI is InChI=1S/C17H17N3O5/c1-3-6-20-16(22)14(15(21)19-17(20)23)10(2)18-8-11-4-5-12-13(7-11)25-9-24-12/h3-5,7,14H,1,6,8-9H2,2H3,(H,19,21,23). The summed E-state index contributed by atoms with van der Waals surface area (Å²) in [6.45, 7) is 5.59. The lowest BCUT2D eigenvalue weighted by atomic mass is 9.99. The molecular formula is C17H17N3O5. The minimum absolute atomic E-state index is 0.0316. The van der Waals surface area contributed by atoms with Gasteiger partial charge in [-0.05, 0) is 24.6 Å². The minimum Gasteiger partial charge on any atom is -0.454 e. The lowest BCUT2D eigenvalue weighted by molar-refractivity contribution is -0.139. The molecule has 1 fully saturated rings. The largest absolute Gasteiger partial charge is 0.454 e. The topological polar surface area (TPSA) is 97.3 Å². The van der Waals surface area contributed by atoms with Gasteiger partial charge in [0.15, 0.2) is 17.4 Å². The van der Waals surface area contributed by atoms with E-state index in [0.29, 0.717) is 17.2 Å². The molecule has 1 atom stereocenters. The molecule has 1 unspecified atom stereocenters. The summed E-state index contributed by atoms with van der Waals surface area (Å²) < 4.78 is 10.6. The van der Waals surface area contributed by atoms with E-state index < -0.39 is 23.8 Å². The number of amides is 4. The molecule has 0 aliphatic carbocycles. The zero-order valence-corrected chi connectivity index (χ0v) is 13.7. The second-order valence-electron chi connectivity index (χ2n) is 5.61. The predicted molar refractivity (Wildman–Crippen MR) is 88.3 cm³/mol. The van der Waals surface area contributed by atoms with Gasteiger partial charge in [0.05, 0.1) is 6.54 Å². The summed E-state index contributed by atoms with van der Waals surface area (Å²) in [4.78, 5) is 41.5. The third-order valence-electron chi connectivity index (χ3n) is 3.93. The van der Waals surface area contributed by atoms with Crippen LogP contribution in [0.5, 0.6) is 11.5 Å². The van der Waals surface area contributed by atoms with Gasteiger partial charge in [0, 0.05) is 12.3 Å². The van der Waals surface area contributed by atoms with Crippen molar-refractivity contribution in [3.05, 3.63) is 36.4 Å². The smallest absolute Gasteiger partial charge is 0.331 e. The number of carbonyl (C=O) groups is 3. The Bertz CT molecular complexity index is 786. The SMILES string of the molecule is C=CCN1C(=O)NC(=O)C(C(C)=NCc2ccc3c(c2)OCO3)C1=O. The molecule has 0 saturated carbocycles. The fourth-order valence-electron chi connectivity index (χ4n) is 2.63. The predicted octanol–water partition coefficient (Wildman–Crippen LogP) is 1.26. The van der Waals surface area contributed by atoms with Gasteiger partial charge in [-0.2, -0.15) is 0 Å². The van der Waals surface area contributed by atoms with Gasteiger partial charge in [-0.15, -0.1) is 6.58 Å². The number of imide groups is 2. The van der Waals surface area contributed by atoms with Gasteiger partial charge in [0.25, 0.3) is 0 Å². The molecule has 25 heavy (non-hydrogen) atoms. The Labute approximate surface area is 144 Å². The van der Waals surface area contributed by atoms with Gasteiger partial charge in [0.1, 0.15) is 0 Å². The molecular weight excluding hydrogens is 326 g/mol. The van der Waals surface area contributed by atoms with Crippen LogP contribution < -0.4 is 14.8 Å². The number of urea groups is 1. The average Bonchev–Trinajstić information content (AvgIpc) is 3.04. The number of rotatable bonds is 5. The van der Waals surface area contributed by atoms with Crippen molar-refractivity contribution in [2.75, 3.05) is 13.3 Å². The zero-order valence-electron chi connectivity index (χ0n) is 13.7. The summed E-state index contributed by atoms with van der Waals surface area (Å²) in [5.74, 6) is -1.07. The first-order valence-corrected chi connectivity index (χ1v) is 7.68. The van der Waals surface area contributed by atoms with Crippen molar-refractivity contribution in [1.29, 1.82) is 0 Å². The van der Waals surface area contributed by atoms with Crippen LogP contribution >= 0.6 is 0 Å². The number of nitrogens with one attached hydrogen (secondary N) is 1. The Hall–Kier alpha value is -3.16. The molecule has 0 aromatic heterocycles. The maximum absolute atomic E-state index is 12.4. The summed E-state index contributed by atoms with van der Waals surface area (Å²) in [5, 5.41) is 2.17. The molecule has 130 valence electrons. The van der Waals surface area contributed by atoms with Gasteiger partial charge >= 0.3 is 6.03 Å². The van der Waals surface area contributed by atoms with Crippen molar-refractivity contribution in [3.8, 4) is 11.5 Å². The highest BCUT2D eigenvalue weighted by molar-refractivity contribution is 6.27. The van der Waals surface area contributed by atoms with E-state index in [9.17, 15) is 14.4 Å². The molecule has 1 N–H and O–H groups in total. The quantitative estimate of drug-likeness (QED) is 0.493. The van der Waals surface area contributed by atoms with Crippen molar-refractivity contribution in [2.45, 2.75) is 13.5 Å². The van der Waals surface area contributed by atoms with Crippen molar-refractivity contribution in [1.82, 2.24) is 10.2 Å². The molecule has 3 rings (SSSR count). The first-order valence-electron chi connectivity index (χ1n) is 7.68. The number of carbonyl (C=O) groups excluding carboxylic acids is 3. The van der Waals surface area contributed by atoms with Crippen LogP contribution in [0, 0.1) is 5.92 Å². The van der Waals surface area contributed by atoms with E-state index in [1.807, 2.05) is 6.07 Å². The van der Waals surface area contributed by atoms with Crippen LogP contribution in [-0.4, -0.2) is 41.8 Å². The van der Waals surface area contributed by atoms with Crippen LogP contribution in [0.15, 0.2) is 35.8 Å². The van der Waals surface area contributed by atoms with Crippen LogP contribution in [-0.2, 0) is 16.1 Å². The first kappa shape index (κ1) is 16.7. The van der Waals surface area contributed by atoms with E-state index in [1.165, 1.54) is 6.08 Å². The normalized spacial score (nSPS) is 19.9. The Kier molecular flexibility index (Phi) is 4.51. The summed E-state index contributed by atoms with van der Waals surface area (Å²) >= 11 is 0. The highest BCUT2D eigenvalue weighted by atomic mass is 16.7. The highest BCUT2D eigenvalue weighted by Crippen LogP contribution is 2.32. The molecule has 1 aromatic carbocycles. The van der Waals surface area contributed by atoms with Crippen LogP contribution in [0.1, 0.15) is 12.5 Å². The van der Waals surface area contributed by atoms with E-state index in [-0.39, 0.29) is 19.9 Å². The molecule has 0 radical (unpaired) electrons. The number of ether oxygens (including phenoxy) is 2. The highest BCUT2D eigenvalue weighted by Gasteiger charge is 2.41. The summed E-state index contributed by atoms with van der Waals surface area (Å²) in [6, 6.07) is 4.68. The van der Waals surface area contributed by atoms with E-state index in [4.69, 9.17) is 9.47 Å². The molecule has 1 aromatic rings. The zero-order chi connectivity index (χ0) is 18.0. The van der Waals surface area contributed by atoms with Gasteiger partial charge in [-0.1, -0.05) is 12.1 Å². The van der Waals surface area contributed by atoms with Crippen molar-refractivity contribution < 1.29 is 23.9 Å². The molecule has 8 nitrogen and oxygen atoms in total. The second kappa shape index (κ2) is 6.76. The van der Waals surface area contributed by atoms with E-state index >= 15 is 0 Å². The molecule has 2 aliphatic rings. The van der Waals surface area contributed by atoms with Crippen molar-refractivity contribution in [3.63, 3.8) is 0 Å². The fourth-order valence-corrected chi connectivity index (χ4v) is 2.63. The van der Waals surface area contributed by atoms with E-state index in [0.717, 1.165) is 10.5 Å². The summed E-state index contributed by atoms with van der Waals surface area (Å²) in [6.07, 6.45) is 1.42. The first-order chi connectivity index (χ1) is 12.0. The van der Waals surface area contributed by atoms with Gasteiger partial charge in [-0.3, -0.25) is 24.8 Å².